The molecule has 0 amide bonds. The first-order chi connectivity index (χ1) is 18.7. The molecule has 0 aromatic heterocycles. The highest BCUT2D eigenvalue weighted by Crippen LogP contribution is 2.48. The van der Waals surface area contributed by atoms with Gasteiger partial charge in [-0.3, -0.25) is 0 Å². The van der Waals surface area contributed by atoms with Crippen molar-refractivity contribution in [2.24, 2.45) is 35.5 Å². The Morgan fingerprint density at radius 1 is 0.718 bits per heavy atom. The van der Waals surface area contributed by atoms with Gasteiger partial charge in [0.05, 0.1) is 23.1 Å². The Balaban J connectivity index is 1.14. The normalized spacial score (nSPS) is 29.9. The molecule has 3 aliphatic carbocycles. The zero-order chi connectivity index (χ0) is 27.6. The number of rotatable bonds is 6. The summed E-state index contributed by atoms with van der Waals surface area (Å²) in [5, 5.41) is 8.92. The topological polar surface area (TPSA) is 33.0 Å². The third-order valence-electron chi connectivity index (χ3n) is 10.0. The predicted octanol–water partition coefficient (Wildman–Crippen LogP) is 9.91. The van der Waals surface area contributed by atoms with Crippen LogP contribution in [0.25, 0.3) is 11.1 Å². The van der Waals surface area contributed by atoms with Gasteiger partial charge in [0.2, 0.25) is 0 Å². The van der Waals surface area contributed by atoms with E-state index >= 15 is 8.78 Å². The standard InChI is InChI=1S/C33H39F4NO/c1-21-2-6-23(7-3-21)24-10-12-25(13-11-24)26-14-16-28(17-15-26)33(36,37)39-29-18-30(34)32(31(35)19-29)27-8-4-22(20-38)5-9-27/h4-5,8-9,18-19,21,23-26,28H,2-3,6-7,10-17H2,1H3. The fourth-order valence-electron chi connectivity index (χ4n) is 7.61. The van der Waals surface area contributed by atoms with E-state index in [2.05, 4.69) is 6.92 Å². The zero-order valence-corrected chi connectivity index (χ0v) is 22.8. The maximum Gasteiger partial charge on any atom is 0.400 e. The minimum atomic E-state index is -3.49. The highest BCUT2D eigenvalue weighted by Gasteiger charge is 2.45. The fraction of sp³-hybridized carbons (Fsp3) is 0.606. The molecule has 3 aliphatic rings. The molecule has 0 heterocycles. The molecule has 0 N–H and O–H groups in total. The molecular weight excluding hydrogens is 502 g/mol. The van der Waals surface area contributed by atoms with Gasteiger partial charge in [0.25, 0.3) is 0 Å². The summed E-state index contributed by atoms with van der Waals surface area (Å²) in [6.07, 6.45) is 9.29. The van der Waals surface area contributed by atoms with Crippen molar-refractivity contribution in [3.05, 3.63) is 53.6 Å². The van der Waals surface area contributed by atoms with Gasteiger partial charge in [0, 0.05) is 12.1 Å². The second-order valence-electron chi connectivity index (χ2n) is 12.4. The lowest BCUT2D eigenvalue weighted by Crippen LogP contribution is -2.38. The summed E-state index contributed by atoms with van der Waals surface area (Å²) in [5.74, 6) is 0.321. The van der Waals surface area contributed by atoms with E-state index in [0.717, 1.165) is 42.7 Å². The van der Waals surface area contributed by atoms with Crippen LogP contribution in [0.2, 0.25) is 0 Å². The molecule has 210 valence electrons. The first kappa shape index (κ1) is 28.0. The maximum absolute atomic E-state index is 15.1. The van der Waals surface area contributed by atoms with E-state index in [1.54, 1.807) is 0 Å². The Morgan fingerprint density at radius 2 is 1.15 bits per heavy atom. The molecule has 3 fully saturated rings. The van der Waals surface area contributed by atoms with E-state index in [1.165, 1.54) is 75.6 Å². The number of benzene rings is 2. The average Bonchev–Trinajstić information content (AvgIpc) is 2.93. The van der Waals surface area contributed by atoms with Gasteiger partial charge in [-0.15, -0.1) is 0 Å². The molecule has 6 heteroatoms. The molecule has 2 aromatic rings. The van der Waals surface area contributed by atoms with Crippen molar-refractivity contribution in [1.29, 1.82) is 5.26 Å². The quantitative estimate of drug-likeness (QED) is 0.341. The van der Waals surface area contributed by atoms with Crippen LogP contribution < -0.4 is 4.74 Å². The molecule has 2 aromatic carbocycles. The van der Waals surface area contributed by atoms with E-state index < -0.39 is 29.4 Å². The summed E-state index contributed by atoms with van der Waals surface area (Å²) < 4.78 is 64.8. The fourth-order valence-corrected chi connectivity index (χ4v) is 7.61. The van der Waals surface area contributed by atoms with Crippen LogP contribution in [0.5, 0.6) is 5.75 Å². The van der Waals surface area contributed by atoms with Crippen LogP contribution >= 0.6 is 0 Å². The van der Waals surface area contributed by atoms with Crippen LogP contribution in [0.15, 0.2) is 36.4 Å². The number of ether oxygens (including phenoxy) is 1. The largest absolute Gasteiger partial charge is 0.432 e. The molecule has 2 nitrogen and oxygen atoms in total. The van der Waals surface area contributed by atoms with E-state index in [1.807, 2.05) is 6.07 Å². The van der Waals surface area contributed by atoms with E-state index in [0.29, 0.717) is 30.2 Å². The lowest BCUT2D eigenvalue weighted by Gasteiger charge is -2.41. The molecule has 0 unspecified atom stereocenters. The smallest absolute Gasteiger partial charge is 0.400 e. The van der Waals surface area contributed by atoms with Crippen LogP contribution in [-0.2, 0) is 0 Å². The molecule has 39 heavy (non-hydrogen) atoms. The summed E-state index contributed by atoms with van der Waals surface area (Å²) in [7, 11) is 0. The van der Waals surface area contributed by atoms with Crippen molar-refractivity contribution >= 4 is 0 Å². The number of halogens is 4. The molecular formula is C33H39F4NO. The molecule has 0 aliphatic heterocycles. The number of nitrogens with zero attached hydrogens (tertiary/aromatic N) is 1. The van der Waals surface area contributed by atoms with Gasteiger partial charge in [-0.25, -0.2) is 8.78 Å². The zero-order valence-electron chi connectivity index (χ0n) is 22.8. The number of nitriles is 1. The van der Waals surface area contributed by atoms with Gasteiger partial charge in [-0.05, 0) is 111 Å². The highest BCUT2D eigenvalue weighted by atomic mass is 19.3. The van der Waals surface area contributed by atoms with Gasteiger partial charge in [-0.1, -0.05) is 31.9 Å². The highest BCUT2D eigenvalue weighted by molar-refractivity contribution is 5.66. The van der Waals surface area contributed by atoms with E-state index in [-0.39, 0.29) is 11.1 Å². The number of hydrogen-bond acceptors (Lipinski definition) is 2. The van der Waals surface area contributed by atoms with E-state index in [9.17, 15) is 8.78 Å². The lowest BCUT2D eigenvalue weighted by atomic mass is 9.65. The Kier molecular flexibility index (Phi) is 8.55. The first-order valence-electron chi connectivity index (χ1n) is 14.8. The molecule has 0 radical (unpaired) electrons. The lowest BCUT2D eigenvalue weighted by molar-refractivity contribution is -0.224. The van der Waals surface area contributed by atoms with E-state index in [4.69, 9.17) is 10.00 Å². The second kappa shape index (κ2) is 11.9. The SMILES string of the molecule is CC1CCC(C2CCC(C3CCC(C(F)(F)Oc4cc(F)c(-c5ccc(C#N)cc5)c(F)c4)CC3)CC2)CC1. The van der Waals surface area contributed by atoms with Crippen LogP contribution in [0.4, 0.5) is 17.6 Å². The summed E-state index contributed by atoms with van der Waals surface area (Å²) >= 11 is 0. The second-order valence-corrected chi connectivity index (χ2v) is 12.4. The maximum atomic E-state index is 15.1. The van der Waals surface area contributed by atoms with Crippen molar-refractivity contribution in [1.82, 2.24) is 0 Å². The Hall–Kier alpha value is -2.55. The summed E-state index contributed by atoms with van der Waals surface area (Å²) in [6.45, 7) is 2.36. The Labute approximate surface area is 229 Å². The molecule has 0 atom stereocenters. The van der Waals surface area contributed by atoms with Crippen LogP contribution in [0, 0.1) is 58.5 Å². The average molecular weight is 542 g/mol. The van der Waals surface area contributed by atoms with Crippen molar-refractivity contribution < 1.29 is 22.3 Å². The molecule has 3 saturated carbocycles. The Morgan fingerprint density at radius 3 is 1.62 bits per heavy atom. The number of alkyl halides is 2. The molecule has 0 spiro atoms. The predicted molar refractivity (Wildman–Crippen MR) is 144 cm³/mol. The third kappa shape index (κ3) is 6.44. The van der Waals surface area contributed by atoms with Crippen molar-refractivity contribution in [3.8, 4) is 22.9 Å². The summed E-state index contributed by atoms with van der Waals surface area (Å²) in [6, 6.07) is 9.34. The van der Waals surface area contributed by atoms with Gasteiger partial charge in [-0.2, -0.15) is 14.0 Å². The monoisotopic (exact) mass is 541 g/mol. The first-order valence-corrected chi connectivity index (χ1v) is 14.8. The minimum absolute atomic E-state index is 0.225. The summed E-state index contributed by atoms with van der Waals surface area (Å²) in [4.78, 5) is 0. The Bertz CT molecular complexity index is 1130. The van der Waals surface area contributed by atoms with Crippen molar-refractivity contribution in [2.75, 3.05) is 0 Å². The molecule has 0 bridgehead atoms. The van der Waals surface area contributed by atoms with Gasteiger partial charge in [0.1, 0.15) is 17.4 Å². The third-order valence-corrected chi connectivity index (χ3v) is 10.0. The molecule has 5 rings (SSSR count). The van der Waals surface area contributed by atoms with Crippen LogP contribution in [0.1, 0.15) is 89.5 Å². The van der Waals surface area contributed by atoms with Crippen LogP contribution in [0.3, 0.4) is 0 Å². The van der Waals surface area contributed by atoms with Gasteiger partial charge < -0.3 is 4.74 Å². The minimum Gasteiger partial charge on any atom is -0.432 e. The molecule has 0 saturated heterocycles. The van der Waals surface area contributed by atoms with Crippen molar-refractivity contribution in [3.63, 3.8) is 0 Å². The van der Waals surface area contributed by atoms with Gasteiger partial charge >= 0.3 is 6.11 Å². The summed E-state index contributed by atoms with van der Waals surface area (Å²) in [5.41, 5.74) is 0.252. The van der Waals surface area contributed by atoms with Gasteiger partial charge in [0.15, 0.2) is 0 Å². The number of hydrogen-bond donors (Lipinski definition) is 0. The van der Waals surface area contributed by atoms with Crippen molar-refractivity contribution in [2.45, 2.75) is 90.1 Å². The van der Waals surface area contributed by atoms with Crippen LogP contribution in [-0.4, -0.2) is 6.11 Å².